The second kappa shape index (κ2) is 8.27. The van der Waals surface area contributed by atoms with Crippen molar-refractivity contribution in [1.82, 2.24) is 0 Å². The number of benzene rings is 1. The van der Waals surface area contributed by atoms with Crippen LogP contribution in [0.4, 0.5) is 5.69 Å². The van der Waals surface area contributed by atoms with Gasteiger partial charge < -0.3 is 34.4 Å². The first-order valence-corrected chi connectivity index (χ1v) is 6.22. The highest BCUT2D eigenvalue weighted by Gasteiger charge is 2.06. The molecule has 8 heteroatoms. The minimum absolute atomic E-state index is 0. The lowest BCUT2D eigenvalue weighted by molar-refractivity contribution is -0.697. The average Bonchev–Trinajstić information content (AvgIpc) is 2.48. The number of nitro benzene ring substituents is 1. The summed E-state index contributed by atoms with van der Waals surface area (Å²) >= 11 is 0. The molecular weight excluding hydrogens is 401 g/mol. The number of ether oxygens (including phenoxy) is 1. The molecule has 0 saturated heterocycles. The summed E-state index contributed by atoms with van der Waals surface area (Å²) < 4.78 is 7.33. The van der Waals surface area contributed by atoms with E-state index in [2.05, 4.69) is 0 Å². The Morgan fingerprint density at radius 1 is 1.18 bits per heavy atom. The first-order valence-electron chi connectivity index (χ1n) is 6.22. The summed E-state index contributed by atoms with van der Waals surface area (Å²) in [6.07, 6.45) is 3.47. The van der Waals surface area contributed by atoms with Crippen molar-refractivity contribution in [2.24, 2.45) is 5.73 Å². The van der Waals surface area contributed by atoms with Gasteiger partial charge in [-0.15, -0.1) is 0 Å². The van der Waals surface area contributed by atoms with Gasteiger partial charge in [-0.25, -0.2) is 4.57 Å². The van der Waals surface area contributed by atoms with Gasteiger partial charge in [0.15, 0.2) is 18.9 Å². The fraction of sp³-hybridized carbons (Fsp3) is 0.143. The van der Waals surface area contributed by atoms with E-state index in [0.29, 0.717) is 24.5 Å². The normalized spacial score (nSPS) is 9.64. The number of rotatable bonds is 6. The van der Waals surface area contributed by atoms with Crippen molar-refractivity contribution in [2.75, 3.05) is 6.61 Å². The number of carbonyl (C=O) groups excluding carboxylic acids is 1. The molecule has 0 atom stereocenters. The van der Waals surface area contributed by atoms with Gasteiger partial charge in [0.25, 0.3) is 5.69 Å². The van der Waals surface area contributed by atoms with Crippen LogP contribution >= 0.6 is 0 Å². The highest BCUT2D eigenvalue weighted by molar-refractivity contribution is 5.92. The molecule has 2 rings (SSSR count). The Labute approximate surface area is 143 Å². The molecular formula is C14H14IN3O4. The molecule has 0 spiro atoms. The number of carbonyl (C=O) groups is 1. The molecule has 116 valence electrons. The lowest BCUT2D eigenvalue weighted by atomic mass is 10.2. The first kappa shape index (κ1) is 17.8. The van der Waals surface area contributed by atoms with Crippen molar-refractivity contribution in [3.63, 3.8) is 0 Å². The van der Waals surface area contributed by atoms with Crippen LogP contribution in [0.5, 0.6) is 5.75 Å². The van der Waals surface area contributed by atoms with Crippen molar-refractivity contribution >= 4 is 11.6 Å². The van der Waals surface area contributed by atoms with Crippen molar-refractivity contribution < 1.29 is 43.0 Å². The summed E-state index contributed by atoms with van der Waals surface area (Å²) in [4.78, 5) is 21.0. The summed E-state index contributed by atoms with van der Waals surface area (Å²) in [5.41, 5.74) is 5.63. The minimum atomic E-state index is -0.468. The zero-order valence-corrected chi connectivity index (χ0v) is 13.7. The fourth-order valence-electron chi connectivity index (χ4n) is 1.70. The molecule has 22 heavy (non-hydrogen) atoms. The van der Waals surface area contributed by atoms with Gasteiger partial charge in [-0.2, -0.15) is 0 Å². The van der Waals surface area contributed by atoms with Gasteiger partial charge in [0, 0.05) is 24.3 Å². The molecule has 2 N–H and O–H groups in total. The van der Waals surface area contributed by atoms with Gasteiger partial charge in [0.05, 0.1) is 10.5 Å². The molecule has 0 fully saturated rings. The lowest BCUT2D eigenvalue weighted by Gasteiger charge is -2.03. The number of hydrogen-bond donors (Lipinski definition) is 1. The van der Waals surface area contributed by atoms with Crippen LogP contribution in [0.1, 0.15) is 10.4 Å². The van der Waals surface area contributed by atoms with Crippen molar-refractivity contribution in [3.05, 3.63) is 64.5 Å². The molecule has 7 nitrogen and oxygen atoms in total. The Hall–Kier alpha value is -2.23. The summed E-state index contributed by atoms with van der Waals surface area (Å²) in [5.74, 6) is 0.0965. The summed E-state index contributed by atoms with van der Waals surface area (Å²) in [5, 5.41) is 10.5. The van der Waals surface area contributed by atoms with E-state index < -0.39 is 10.8 Å². The summed E-state index contributed by atoms with van der Waals surface area (Å²) in [6, 6.07) is 9.16. The third-order valence-electron chi connectivity index (χ3n) is 2.84. The molecule has 1 aromatic carbocycles. The molecule has 1 aromatic heterocycles. The second-order valence-electron chi connectivity index (χ2n) is 4.29. The van der Waals surface area contributed by atoms with E-state index in [-0.39, 0.29) is 29.7 Å². The highest BCUT2D eigenvalue weighted by atomic mass is 127. The number of nitrogens with zero attached hydrogens (tertiary/aromatic N) is 2. The number of non-ortho nitro benzene ring substituents is 1. The Bertz CT molecular complexity index is 587. The quantitative estimate of drug-likeness (QED) is 0.257. The largest absolute Gasteiger partial charge is 1.00 e. The van der Waals surface area contributed by atoms with E-state index in [1.165, 1.54) is 12.1 Å². The van der Waals surface area contributed by atoms with Crippen LogP contribution in [0.25, 0.3) is 0 Å². The van der Waals surface area contributed by atoms with Gasteiger partial charge >= 0.3 is 0 Å². The number of halogens is 1. The van der Waals surface area contributed by atoms with Crippen LogP contribution in [0.2, 0.25) is 0 Å². The zero-order chi connectivity index (χ0) is 15.2. The van der Waals surface area contributed by atoms with E-state index >= 15 is 0 Å². The first-order chi connectivity index (χ1) is 10.1. The Morgan fingerprint density at radius 2 is 1.77 bits per heavy atom. The number of pyridine rings is 1. The van der Waals surface area contributed by atoms with E-state index in [0.717, 1.165) is 0 Å². The van der Waals surface area contributed by atoms with E-state index in [1.54, 1.807) is 36.7 Å². The molecule has 0 aliphatic rings. The van der Waals surface area contributed by atoms with Crippen molar-refractivity contribution in [3.8, 4) is 5.75 Å². The molecule has 0 aliphatic carbocycles. The third-order valence-corrected chi connectivity index (χ3v) is 2.84. The van der Waals surface area contributed by atoms with Crippen LogP contribution in [0, 0.1) is 10.1 Å². The standard InChI is InChI=1S/C14H13N3O4.HI/c15-14(18)11-5-7-16(8-6-11)9-10-21-13-3-1-12(2-4-13)17(19)20;/h1-8H,9-10H2,(H-,15,18);1H. The number of hydrogen-bond acceptors (Lipinski definition) is 4. The molecule has 0 aliphatic heterocycles. The third kappa shape index (κ3) is 4.95. The molecule has 0 bridgehead atoms. The zero-order valence-electron chi connectivity index (χ0n) is 11.5. The Kier molecular flexibility index (Phi) is 6.70. The van der Waals surface area contributed by atoms with E-state index in [9.17, 15) is 14.9 Å². The van der Waals surface area contributed by atoms with E-state index in [4.69, 9.17) is 10.5 Å². The number of primary amides is 1. The SMILES string of the molecule is NC(=O)c1cc[n+](CCOc2ccc([N+](=O)[O-])cc2)cc1.[I-]. The number of nitro groups is 1. The number of nitrogens with two attached hydrogens (primary N) is 1. The molecule has 0 unspecified atom stereocenters. The van der Waals surface area contributed by atoms with E-state index in [1.807, 2.05) is 4.57 Å². The van der Waals surface area contributed by atoms with Crippen LogP contribution in [0.3, 0.4) is 0 Å². The summed E-state index contributed by atoms with van der Waals surface area (Å²) in [6.45, 7) is 0.981. The summed E-state index contributed by atoms with van der Waals surface area (Å²) in [7, 11) is 0. The predicted octanol–water partition coefficient (Wildman–Crippen LogP) is -1.94. The Balaban J connectivity index is 0.00000242. The molecule has 0 saturated carbocycles. The minimum Gasteiger partial charge on any atom is -1.00 e. The maximum Gasteiger partial charge on any atom is 0.269 e. The topological polar surface area (TPSA) is 99.3 Å². The fourth-order valence-corrected chi connectivity index (χ4v) is 1.70. The number of aromatic nitrogens is 1. The molecule has 2 aromatic rings. The van der Waals surface area contributed by atoms with Crippen LogP contribution in [0.15, 0.2) is 48.8 Å². The lowest BCUT2D eigenvalue weighted by Crippen LogP contribution is -3.00. The van der Waals surface area contributed by atoms with Crippen molar-refractivity contribution in [2.45, 2.75) is 6.54 Å². The predicted molar refractivity (Wildman–Crippen MR) is 73.7 cm³/mol. The smallest absolute Gasteiger partial charge is 0.269 e. The van der Waals surface area contributed by atoms with Crippen molar-refractivity contribution in [1.29, 1.82) is 0 Å². The van der Waals surface area contributed by atoms with Gasteiger partial charge in [-0.05, 0) is 12.1 Å². The molecule has 1 heterocycles. The average molecular weight is 415 g/mol. The maximum absolute atomic E-state index is 10.9. The highest BCUT2D eigenvalue weighted by Crippen LogP contribution is 2.16. The van der Waals surface area contributed by atoms with Crippen LogP contribution in [-0.4, -0.2) is 17.4 Å². The Morgan fingerprint density at radius 3 is 2.27 bits per heavy atom. The molecule has 0 radical (unpaired) electrons. The monoisotopic (exact) mass is 415 g/mol. The second-order valence-corrected chi connectivity index (χ2v) is 4.29. The van der Waals surface area contributed by atoms with Gasteiger partial charge in [0.2, 0.25) is 5.91 Å². The van der Waals surface area contributed by atoms with Gasteiger partial charge in [-0.3, -0.25) is 14.9 Å². The van der Waals surface area contributed by atoms with Crippen LogP contribution < -0.4 is 39.0 Å². The van der Waals surface area contributed by atoms with Gasteiger partial charge in [0.1, 0.15) is 12.4 Å². The van der Waals surface area contributed by atoms with Crippen LogP contribution in [-0.2, 0) is 6.54 Å². The maximum atomic E-state index is 10.9. The molecule has 1 amide bonds. The van der Waals surface area contributed by atoms with Gasteiger partial charge in [-0.1, -0.05) is 0 Å². The number of amides is 1.